The Labute approximate surface area is 147 Å². The van der Waals surface area contributed by atoms with Gasteiger partial charge in [0.15, 0.2) is 0 Å². The average molecular weight is 341 g/mol. The van der Waals surface area contributed by atoms with Crippen LogP contribution in [0, 0.1) is 13.8 Å². The summed E-state index contributed by atoms with van der Waals surface area (Å²) in [4.78, 5) is 25.6. The molecule has 1 aromatic heterocycles. The Kier molecular flexibility index (Phi) is 4.74. The zero-order valence-corrected chi connectivity index (χ0v) is 14.7. The molecule has 7 nitrogen and oxygen atoms in total. The van der Waals surface area contributed by atoms with Crippen LogP contribution in [0.5, 0.6) is 0 Å². The van der Waals surface area contributed by atoms with E-state index in [-0.39, 0.29) is 11.9 Å². The number of nitrogens with zero attached hydrogens (tertiary/aromatic N) is 3. The number of aryl methyl sites for hydroxylation is 2. The Hall–Kier alpha value is -2.83. The first-order valence-corrected chi connectivity index (χ1v) is 8.35. The molecule has 1 aliphatic rings. The van der Waals surface area contributed by atoms with Crippen molar-refractivity contribution in [3.05, 3.63) is 47.3 Å². The van der Waals surface area contributed by atoms with Crippen molar-refractivity contribution < 1.29 is 9.59 Å². The summed E-state index contributed by atoms with van der Waals surface area (Å²) in [6.45, 7) is 5.29. The molecule has 132 valence electrons. The van der Waals surface area contributed by atoms with Gasteiger partial charge in [-0.3, -0.25) is 9.48 Å². The highest BCUT2D eigenvalue weighted by atomic mass is 16.2. The molecule has 0 unspecified atom stereocenters. The molecule has 0 spiro atoms. The van der Waals surface area contributed by atoms with E-state index < -0.39 is 6.04 Å². The third-order valence-corrected chi connectivity index (χ3v) is 4.35. The lowest BCUT2D eigenvalue weighted by Crippen LogP contribution is -2.42. The molecule has 2 aromatic rings. The van der Waals surface area contributed by atoms with Crippen LogP contribution in [0.3, 0.4) is 0 Å². The molecule has 1 aromatic carbocycles. The van der Waals surface area contributed by atoms with Gasteiger partial charge < -0.3 is 15.5 Å². The highest BCUT2D eigenvalue weighted by Gasteiger charge is 2.30. The van der Waals surface area contributed by atoms with Gasteiger partial charge in [-0.2, -0.15) is 5.10 Å². The second-order valence-electron chi connectivity index (χ2n) is 6.48. The summed E-state index contributed by atoms with van der Waals surface area (Å²) in [5.41, 5.74) is 3.81. The van der Waals surface area contributed by atoms with E-state index in [1.165, 1.54) is 0 Å². The molecule has 0 radical (unpaired) electrons. The predicted molar refractivity (Wildman–Crippen MR) is 95.4 cm³/mol. The molecule has 2 heterocycles. The second-order valence-corrected chi connectivity index (χ2v) is 6.48. The third kappa shape index (κ3) is 3.99. The number of nitrogens with one attached hydrogen (secondary N) is 2. The second kappa shape index (κ2) is 6.96. The Bertz CT molecular complexity index is 799. The van der Waals surface area contributed by atoms with Crippen LogP contribution in [0.1, 0.15) is 23.4 Å². The number of rotatable bonds is 4. The van der Waals surface area contributed by atoms with E-state index in [2.05, 4.69) is 15.7 Å². The van der Waals surface area contributed by atoms with Crippen molar-refractivity contribution in [3.63, 3.8) is 0 Å². The molecule has 3 rings (SSSR count). The van der Waals surface area contributed by atoms with E-state index in [1.54, 1.807) is 11.9 Å². The first-order chi connectivity index (χ1) is 11.9. The quantitative estimate of drug-likeness (QED) is 0.891. The molecule has 7 heteroatoms. The maximum absolute atomic E-state index is 12.1. The number of hydrogen-bond donors (Lipinski definition) is 2. The molecule has 25 heavy (non-hydrogen) atoms. The summed E-state index contributed by atoms with van der Waals surface area (Å²) in [5.74, 6) is -0.0478. The maximum Gasteiger partial charge on any atom is 0.319 e. The first kappa shape index (κ1) is 17.0. The van der Waals surface area contributed by atoms with Gasteiger partial charge in [0.25, 0.3) is 0 Å². The van der Waals surface area contributed by atoms with Crippen LogP contribution in [-0.2, 0) is 11.3 Å². The number of amides is 3. The maximum atomic E-state index is 12.1. The fraction of sp³-hybridized carbons (Fsp3) is 0.389. The summed E-state index contributed by atoms with van der Waals surface area (Å²) >= 11 is 0. The van der Waals surface area contributed by atoms with Crippen LogP contribution in [0.25, 0.3) is 0 Å². The molecule has 1 aliphatic heterocycles. The Morgan fingerprint density at radius 3 is 2.76 bits per heavy atom. The average Bonchev–Trinajstić information content (AvgIpc) is 3.03. The molecular weight excluding hydrogens is 318 g/mol. The lowest BCUT2D eigenvalue weighted by atomic mass is 10.2. The first-order valence-electron chi connectivity index (χ1n) is 8.35. The monoisotopic (exact) mass is 341 g/mol. The summed E-state index contributed by atoms with van der Waals surface area (Å²) in [6.07, 6.45) is 0.640. The number of aromatic nitrogens is 2. The van der Waals surface area contributed by atoms with E-state index in [9.17, 15) is 9.59 Å². The summed E-state index contributed by atoms with van der Waals surface area (Å²) in [6, 6.07) is 8.86. The summed E-state index contributed by atoms with van der Waals surface area (Å²) in [5, 5.41) is 9.98. The van der Waals surface area contributed by atoms with Crippen molar-refractivity contribution in [2.24, 2.45) is 0 Å². The minimum absolute atomic E-state index is 0.0478. The van der Waals surface area contributed by atoms with Gasteiger partial charge in [0, 0.05) is 25.0 Å². The zero-order chi connectivity index (χ0) is 18.0. The van der Waals surface area contributed by atoms with Crippen molar-refractivity contribution in [1.82, 2.24) is 20.0 Å². The van der Waals surface area contributed by atoms with Crippen LogP contribution in [-0.4, -0.2) is 46.3 Å². The Morgan fingerprint density at radius 2 is 2.12 bits per heavy atom. The van der Waals surface area contributed by atoms with Crippen molar-refractivity contribution >= 4 is 17.6 Å². The highest BCUT2D eigenvalue weighted by Crippen LogP contribution is 2.14. The Balaban J connectivity index is 1.62. The standard InChI is InChI=1S/C18H23N5O2/c1-12-9-13(2)23(21-12)11-14-5-4-6-15(10-14)19-18(25)20-16-7-8-22(3)17(16)24/h4-6,9-10,16H,7-8,11H2,1-3H3,(H2,19,20,25)/t16-/m0/s1. The molecule has 2 N–H and O–H groups in total. The number of likely N-dealkylation sites (tertiary alicyclic amines) is 1. The fourth-order valence-electron chi connectivity index (χ4n) is 3.04. The number of urea groups is 1. The summed E-state index contributed by atoms with van der Waals surface area (Å²) < 4.78 is 1.93. The number of anilines is 1. The highest BCUT2D eigenvalue weighted by molar-refractivity contribution is 5.94. The van der Waals surface area contributed by atoms with Crippen LogP contribution < -0.4 is 10.6 Å². The van der Waals surface area contributed by atoms with Gasteiger partial charge in [0.05, 0.1) is 12.2 Å². The number of likely N-dealkylation sites (N-methyl/N-ethyl adjacent to an activating group) is 1. The molecule has 1 fully saturated rings. The van der Waals surface area contributed by atoms with Gasteiger partial charge >= 0.3 is 6.03 Å². The molecular formula is C18H23N5O2. The van der Waals surface area contributed by atoms with Gasteiger partial charge in [-0.25, -0.2) is 4.79 Å². The van der Waals surface area contributed by atoms with E-state index in [0.29, 0.717) is 25.2 Å². The zero-order valence-electron chi connectivity index (χ0n) is 14.7. The molecule has 3 amide bonds. The minimum Gasteiger partial charge on any atom is -0.344 e. The van der Waals surface area contributed by atoms with E-state index in [1.807, 2.05) is 48.9 Å². The van der Waals surface area contributed by atoms with Crippen LogP contribution in [0.15, 0.2) is 30.3 Å². The molecule has 0 saturated carbocycles. The predicted octanol–water partition coefficient (Wildman–Crippen LogP) is 1.90. The third-order valence-electron chi connectivity index (χ3n) is 4.35. The summed E-state index contributed by atoms with van der Waals surface area (Å²) in [7, 11) is 1.74. The number of carbonyl (C=O) groups excluding carboxylic acids is 2. The topological polar surface area (TPSA) is 79.3 Å². The molecule has 0 aliphatic carbocycles. The number of carbonyl (C=O) groups is 2. The molecule has 1 atom stereocenters. The lowest BCUT2D eigenvalue weighted by Gasteiger charge is -2.13. The SMILES string of the molecule is Cc1cc(C)n(Cc2cccc(NC(=O)N[C@H]3CCN(C)C3=O)c2)n1. The molecule has 0 bridgehead atoms. The van der Waals surface area contributed by atoms with Gasteiger partial charge in [-0.1, -0.05) is 12.1 Å². The van der Waals surface area contributed by atoms with Crippen molar-refractivity contribution in [2.75, 3.05) is 18.9 Å². The van der Waals surface area contributed by atoms with Gasteiger partial charge in [0.1, 0.15) is 6.04 Å². The lowest BCUT2D eigenvalue weighted by molar-refractivity contribution is -0.128. The largest absolute Gasteiger partial charge is 0.344 e. The van der Waals surface area contributed by atoms with Crippen molar-refractivity contribution in [1.29, 1.82) is 0 Å². The van der Waals surface area contributed by atoms with Crippen molar-refractivity contribution in [2.45, 2.75) is 32.9 Å². The van der Waals surface area contributed by atoms with Gasteiger partial charge in [0.2, 0.25) is 5.91 Å². The van der Waals surface area contributed by atoms with E-state index in [0.717, 1.165) is 17.0 Å². The van der Waals surface area contributed by atoms with Gasteiger partial charge in [-0.05, 0) is 44.0 Å². The fourth-order valence-corrected chi connectivity index (χ4v) is 3.04. The Morgan fingerprint density at radius 1 is 1.32 bits per heavy atom. The number of benzene rings is 1. The number of hydrogen-bond acceptors (Lipinski definition) is 3. The minimum atomic E-state index is -0.442. The van der Waals surface area contributed by atoms with Crippen LogP contribution >= 0.6 is 0 Å². The van der Waals surface area contributed by atoms with E-state index in [4.69, 9.17) is 0 Å². The smallest absolute Gasteiger partial charge is 0.319 e. The van der Waals surface area contributed by atoms with Crippen LogP contribution in [0.4, 0.5) is 10.5 Å². The normalized spacial score (nSPS) is 17.0. The van der Waals surface area contributed by atoms with Crippen molar-refractivity contribution in [3.8, 4) is 0 Å². The van der Waals surface area contributed by atoms with Crippen LogP contribution in [0.2, 0.25) is 0 Å². The molecule has 1 saturated heterocycles. The van der Waals surface area contributed by atoms with E-state index >= 15 is 0 Å². The van der Waals surface area contributed by atoms with Gasteiger partial charge in [-0.15, -0.1) is 0 Å².